The SMILES string of the molecule is CC1CC1C(=O)N1CCC(C(=O)O)(C(C)C)C1. The fraction of sp³-hybridized carbons (Fsp3) is 0.846. The van der Waals surface area contributed by atoms with Crippen LogP contribution < -0.4 is 0 Å². The Balaban J connectivity index is 2.07. The first-order valence-electron chi connectivity index (χ1n) is 6.40. The highest BCUT2D eigenvalue weighted by Gasteiger charge is 2.51. The molecule has 0 aromatic heterocycles. The van der Waals surface area contributed by atoms with Gasteiger partial charge in [0, 0.05) is 19.0 Å². The number of hydrogen-bond donors (Lipinski definition) is 1. The molecule has 0 spiro atoms. The van der Waals surface area contributed by atoms with Crippen molar-refractivity contribution in [2.45, 2.75) is 33.6 Å². The monoisotopic (exact) mass is 239 g/mol. The second-order valence-electron chi connectivity index (χ2n) is 5.95. The van der Waals surface area contributed by atoms with E-state index in [4.69, 9.17) is 0 Å². The second-order valence-corrected chi connectivity index (χ2v) is 5.95. The molecule has 0 bridgehead atoms. The van der Waals surface area contributed by atoms with E-state index >= 15 is 0 Å². The molecular formula is C13H21NO3. The molecule has 3 atom stereocenters. The number of amides is 1. The summed E-state index contributed by atoms with van der Waals surface area (Å²) in [6, 6.07) is 0. The zero-order chi connectivity index (χ0) is 12.8. The molecule has 4 nitrogen and oxygen atoms in total. The lowest BCUT2D eigenvalue weighted by atomic mass is 9.76. The van der Waals surface area contributed by atoms with Gasteiger partial charge >= 0.3 is 5.97 Å². The van der Waals surface area contributed by atoms with E-state index < -0.39 is 11.4 Å². The Morgan fingerprint density at radius 2 is 2.00 bits per heavy atom. The molecule has 1 amide bonds. The standard InChI is InChI=1S/C13H21NO3/c1-8(2)13(12(16)17)4-5-14(7-13)11(15)10-6-9(10)3/h8-10H,4-7H2,1-3H3,(H,16,17). The maximum absolute atomic E-state index is 12.1. The third kappa shape index (κ3) is 1.94. The van der Waals surface area contributed by atoms with Crippen LogP contribution in [0, 0.1) is 23.2 Å². The molecule has 1 N–H and O–H groups in total. The Kier molecular flexibility index (Phi) is 2.92. The Hall–Kier alpha value is -1.06. The zero-order valence-corrected chi connectivity index (χ0v) is 10.8. The maximum atomic E-state index is 12.1. The highest BCUT2D eigenvalue weighted by molar-refractivity contribution is 5.84. The van der Waals surface area contributed by atoms with Crippen molar-refractivity contribution in [1.82, 2.24) is 4.90 Å². The molecule has 2 fully saturated rings. The third-order valence-corrected chi connectivity index (χ3v) is 4.57. The molecule has 2 aliphatic rings. The molecule has 0 aromatic carbocycles. The Bertz CT molecular complexity index is 353. The van der Waals surface area contributed by atoms with E-state index in [1.807, 2.05) is 13.8 Å². The topological polar surface area (TPSA) is 57.6 Å². The quantitative estimate of drug-likeness (QED) is 0.814. The van der Waals surface area contributed by atoms with Crippen LogP contribution >= 0.6 is 0 Å². The van der Waals surface area contributed by atoms with Crippen LogP contribution in [0.5, 0.6) is 0 Å². The highest BCUT2D eigenvalue weighted by atomic mass is 16.4. The lowest BCUT2D eigenvalue weighted by Gasteiger charge is -2.28. The fourth-order valence-corrected chi connectivity index (χ4v) is 2.81. The summed E-state index contributed by atoms with van der Waals surface area (Å²) in [5.74, 6) is 0.121. The number of likely N-dealkylation sites (tertiary alicyclic amines) is 1. The van der Waals surface area contributed by atoms with Crippen LogP contribution in [-0.2, 0) is 9.59 Å². The Morgan fingerprint density at radius 1 is 1.41 bits per heavy atom. The average Bonchev–Trinajstić information content (AvgIpc) is 2.82. The van der Waals surface area contributed by atoms with Crippen LogP contribution in [0.1, 0.15) is 33.6 Å². The van der Waals surface area contributed by atoms with Gasteiger partial charge in [0.15, 0.2) is 0 Å². The second kappa shape index (κ2) is 4.00. The maximum Gasteiger partial charge on any atom is 0.311 e. The number of aliphatic carboxylic acids is 1. The number of carboxylic acid groups (broad SMARTS) is 1. The largest absolute Gasteiger partial charge is 0.481 e. The molecular weight excluding hydrogens is 218 g/mol. The van der Waals surface area contributed by atoms with Gasteiger partial charge in [0.1, 0.15) is 0 Å². The van der Waals surface area contributed by atoms with Gasteiger partial charge in [-0.2, -0.15) is 0 Å². The highest BCUT2D eigenvalue weighted by Crippen LogP contribution is 2.43. The molecule has 2 rings (SSSR count). The summed E-state index contributed by atoms with van der Waals surface area (Å²) in [5, 5.41) is 9.40. The summed E-state index contributed by atoms with van der Waals surface area (Å²) in [7, 11) is 0. The first-order valence-corrected chi connectivity index (χ1v) is 6.40. The van der Waals surface area contributed by atoms with Crippen molar-refractivity contribution in [3.63, 3.8) is 0 Å². The lowest BCUT2D eigenvalue weighted by molar-refractivity contribution is -0.151. The van der Waals surface area contributed by atoms with Gasteiger partial charge < -0.3 is 10.0 Å². The van der Waals surface area contributed by atoms with E-state index in [0.29, 0.717) is 25.4 Å². The number of carboxylic acids is 1. The summed E-state index contributed by atoms with van der Waals surface area (Å²) in [6.07, 6.45) is 1.56. The summed E-state index contributed by atoms with van der Waals surface area (Å²) in [5.41, 5.74) is -0.728. The van der Waals surface area contributed by atoms with Gasteiger partial charge in [-0.05, 0) is 24.7 Å². The molecule has 1 aliphatic carbocycles. The van der Waals surface area contributed by atoms with Crippen molar-refractivity contribution >= 4 is 11.9 Å². The van der Waals surface area contributed by atoms with Crippen LogP contribution in [0.15, 0.2) is 0 Å². The number of rotatable bonds is 3. The minimum Gasteiger partial charge on any atom is -0.481 e. The molecule has 3 unspecified atom stereocenters. The van der Waals surface area contributed by atoms with E-state index in [9.17, 15) is 14.7 Å². The predicted molar refractivity (Wildman–Crippen MR) is 63.4 cm³/mol. The van der Waals surface area contributed by atoms with Gasteiger partial charge in [-0.15, -0.1) is 0 Å². The van der Waals surface area contributed by atoms with Crippen LogP contribution in [0.4, 0.5) is 0 Å². The molecule has 17 heavy (non-hydrogen) atoms. The van der Waals surface area contributed by atoms with Crippen molar-refractivity contribution < 1.29 is 14.7 Å². The summed E-state index contributed by atoms with van der Waals surface area (Å²) < 4.78 is 0. The normalized spacial score (nSPS) is 36.4. The molecule has 1 saturated heterocycles. The molecule has 1 heterocycles. The van der Waals surface area contributed by atoms with Crippen LogP contribution in [0.3, 0.4) is 0 Å². The number of hydrogen-bond acceptors (Lipinski definition) is 2. The van der Waals surface area contributed by atoms with E-state index in [1.165, 1.54) is 0 Å². The number of carbonyl (C=O) groups excluding carboxylic acids is 1. The van der Waals surface area contributed by atoms with E-state index in [0.717, 1.165) is 6.42 Å². The Labute approximate surface area is 102 Å². The average molecular weight is 239 g/mol. The molecule has 96 valence electrons. The third-order valence-electron chi connectivity index (χ3n) is 4.57. The molecule has 4 heteroatoms. The van der Waals surface area contributed by atoms with Crippen LogP contribution in [-0.4, -0.2) is 35.0 Å². The first kappa shape index (κ1) is 12.4. The fourth-order valence-electron chi connectivity index (χ4n) is 2.81. The summed E-state index contributed by atoms with van der Waals surface area (Å²) in [6.45, 7) is 6.93. The van der Waals surface area contributed by atoms with Gasteiger partial charge in [-0.1, -0.05) is 20.8 Å². The van der Waals surface area contributed by atoms with Gasteiger partial charge in [0.2, 0.25) is 5.91 Å². The van der Waals surface area contributed by atoms with Crippen molar-refractivity contribution in [3.8, 4) is 0 Å². The predicted octanol–water partition coefficient (Wildman–Crippen LogP) is 1.60. The molecule has 1 saturated carbocycles. The molecule has 0 radical (unpaired) electrons. The zero-order valence-electron chi connectivity index (χ0n) is 10.8. The van der Waals surface area contributed by atoms with Gasteiger partial charge in [0.25, 0.3) is 0 Å². The summed E-state index contributed by atoms with van der Waals surface area (Å²) >= 11 is 0. The first-order chi connectivity index (χ1) is 7.88. The minimum atomic E-state index is -0.758. The number of carbonyl (C=O) groups is 2. The van der Waals surface area contributed by atoms with Gasteiger partial charge in [-0.3, -0.25) is 9.59 Å². The van der Waals surface area contributed by atoms with E-state index in [1.54, 1.807) is 4.90 Å². The van der Waals surface area contributed by atoms with Crippen LogP contribution in [0.25, 0.3) is 0 Å². The Morgan fingerprint density at radius 3 is 2.35 bits per heavy atom. The van der Waals surface area contributed by atoms with E-state index in [2.05, 4.69) is 6.92 Å². The van der Waals surface area contributed by atoms with Crippen molar-refractivity contribution in [1.29, 1.82) is 0 Å². The van der Waals surface area contributed by atoms with Gasteiger partial charge in [0.05, 0.1) is 5.41 Å². The van der Waals surface area contributed by atoms with E-state index in [-0.39, 0.29) is 17.7 Å². The molecule has 0 aromatic rings. The smallest absolute Gasteiger partial charge is 0.311 e. The van der Waals surface area contributed by atoms with Crippen molar-refractivity contribution in [3.05, 3.63) is 0 Å². The minimum absolute atomic E-state index is 0.0643. The van der Waals surface area contributed by atoms with Gasteiger partial charge in [-0.25, -0.2) is 0 Å². The number of nitrogens with zero attached hydrogens (tertiary/aromatic N) is 1. The van der Waals surface area contributed by atoms with Crippen LogP contribution in [0.2, 0.25) is 0 Å². The van der Waals surface area contributed by atoms with Crippen molar-refractivity contribution in [2.24, 2.45) is 23.2 Å². The molecule has 1 aliphatic heterocycles. The summed E-state index contributed by atoms with van der Waals surface area (Å²) in [4.78, 5) is 25.3. The van der Waals surface area contributed by atoms with Crippen molar-refractivity contribution in [2.75, 3.05) is 13.1 Å². The lowest BCUT2D eigenvalue weighted by Crippen LogP contribution is -2.41.